The normalized spacial score (nSPS) is 28.8. The van der Waals surface area contributed by atoms with Crippen molar-refractivity contribution in [3.8, 4) is 0 Å². The van der Waals surface area contributed by atoms with Crippen LogP contribution in [0.15, 0.2) is 18.5 Å². The van der Waals surface area contributed by atoms with Gasteiger partial charge in [-0.15, -0.1) is 0 Å². The maximum absolute atomic E-state index is 10.3. The molecule has 0 radical (unpaired) electrons. The van der Waals surface area contributed by atoms with Crippen molar-refractivity contribution in [1.82, 2.24) is 9.88 Å². The molecule has 1 aromatic heterocycles. The molecular weight excluding hydrogens is 216 g/mol. The number of aryl methyl sites for hydroxylation is 1. The summed E-state index contributed by atoms with van der Waals surface area (Å²) < 4.78 is 7.54. The first kappa shape index (κ1) is 12.6. The van der Waals surface area contributed by atoms with E-state index >= 15 is 0 Å². The second kappa shape index (κ2) is 5.21. The van der Waals surface area contributed by atoms with Gasteiger partial charge in [0.15, 0.2) is 0 Å². The summed E-state index contributed by atoms with van der Waals surface area (Å²) in [5, 5.41) is 13.6. The van der Waals surface area contributed by atoms with Gasteiger partial charge in [-0.1, -0.05) is 0 Å². The molecule has 4 heteroatoms. The molecule has 1 saturated heterocycles. The summed E-state index contributed by atoms with van der Waals surface area (Å²) >= 11 is 0. The molecule has 1 fully saturated rings. The van der Waals surface area contributed by atoms with Crippen molar-refractivity contribution in [1.29, 1.82) is 0 Å². The van der Waals surface area contributed by atoms with Crippen LogP contribution in [-0.4, -0.2) is 34.5 Å². The van der Waals surface area contributed by atoms with E-state index < -0.39 is 5.60 Å². The third-order valence-corrected chi connectivity index (χ3v) is 3.60. The van der Waals surface area contributed by atoms with Gasteiger partial charge >= 0.3 is 0 Å². The largest absolute Gasteiger partial charge is 0.386 e. The van der Waals surface area contributed by atoms with Crippen LogP contribution in [-0.2, 0) is 17.8 Å². The Labute approximate surface area is 103 Å². The first-order chi connectivity index (χ1) is 8.14. The minimum absolute atomic E-state index is 0.0739. The molecule has 96 valence electrons. The lowest BCUT2D eigenvalue weighted by Gasteiger charge is -2.26. The van der Waals surface area contributed by atoms with Crippen LogP contribution >= 0.6 is 0 Å². The van der Waals surface area contributed by atoms with Gasteiger partial charge in [-0.3, -0.25) is 0 Å². The van der Waals surface area contributed by atoms with Crippen LogP contribution in [0.4, 0.5) is 0 Å². The molecule has 0 amide bonds. The SMILES string of the molecule is CCn1ccc(CNCC2(O)CCOC2C)c1. The lowest BCUT2D eigenvalue weighted by atomic mass is 9.97. The Morgan fingerprint density at radius 2 is 2.47 bits per heavy atom. The van der Waals surface area contributed by atoms with E-state index in [1.54, 1.807) is 0 Å². The summed E-state index contributed by atoms with van der Waals surface area (Å²) in [6.45, 7) is 7.09. The number of ether oxygens (including phenoxy) is 1. The highest BCUT2D eigenvalue weighted by atomic mass is 16.5. The van der Waals surface area contributed by atoms with Crippen LogP contribution < -0.4 is 5.32 Å². The van der Waals surface area contributed by atoms with Gasteiger partial charge in [0.25, 0.3) is 0 Å². The number of aliphatic hydroxyl groups is 1. The first-order valence-corrected chi connectivity index (χ1v) is 6.33. The predicted molar refractivity (Wildman–Crippen MR) is 66.8 cm³/mol. The summed E-state index contributed by atoms with van der Waals surface area (Å²) in [6.07, 6.45) is 4.85. The zero-order valence-electron chi connectivity index (χ0n) is 10.6. The van der Waals surface area contributed by atoms with E-state index in [4.69, 9.17) is 4.74 Å². The maximum atomic E-state index is 10.3. The fraction of sp³-hybridized carbons (Fsp3) is 0.692. The number of aromatic nitrogens is 1. The van der Waals surface area contributed by atoms with Gasteiger partial charge < -0.3 is 19.7 Å². The van der Waals surface area contributed by atoms with Gasteiger partial charge in [-0.25, -0.2) is 0 Å². The van der Waals surface area contributed by atoms with Crippen LogP contribution in [0.3, 0.4) is 0 Å². The van der Waals surface area contributed by atoms with E-state index in [0.29, 0.717) is 13.2 Å². The van der Waals surface area contributed by atoms with Gasteiger partial charge in [0.1, 0.15) is 5.60 Å². The van der Waals surface area contributed by atoms with E-state index in [0.717, 1.165) is 19.5 Å². The third kappa shape index (κ3) is 2.89. The number of nitrogens with zero attached hydrogens (tertiary/aromatic N) is 1. The Kier molecular flexibility index (Phi) is 3.86. The van der Waals surface area contributed by atoms with E-state index in [-0.39, 0.29) is 6.10 Å². The van der Waals surface area contributed by atoms with Crippen molar-refractivity contribution in [2.45, 2.75) is 45.1 Å². The third-order valence-electron chi connectivity index (χ3n) is 3.60. The van der Waals surface area contributed by atoms with Crippen molar-refractivity contribution >= 4 is 0 Å². The number of nitrogens with one attached hydrogen (secondary N) is 1. The number of hydrogen-bond donors (Lipinski definition) is 2. The summed E-state index contributed by atoms with van der Waals surface area (Å²) in [7, 11) is 0. The molecule has 0 aromatic carbocycles. The molecule has 1 aromatic rings. The maximum Gasteiger partial charge on any atom is 0.105 e. The van der Waals surface area contributed by atoms with E-state index in [2.05, 4.69) is 35.3 Å². The van der Waals surface area contributed by atoms with E-state index in [1.165, 1.54) is 5.56 Å². The smallest absolute Gasteiger partial charge is 0.105 e. The van der Waals surface area contributed by atoms with Gasteiger partial charge in [-0.05, 0) is 25.5 Å². The molecule has 2 N–H and O–H groups in total. The fourth-order valence-electron chi connectivity index (χ4n) is 2.22. The van der Waals surface area contributed by atoms with Crippen molar-refractivity contribution in [3.05, 3.63) is 24.0 Å². The van der Waals surface area contributed by atoms with Crippen molar-refractivity contribution in [3.63, 3.8) is 0 Å². The number of rotatable bonds is 5. The van der Waals surface area contributed by atoms with Gasteiger partial charge in [0.2, 0.25) is 0 Å². The molecule has 2 atom stereocenters. The zero-order valence-corrected chi connectivity index (χ0v) is 10.6. The minimum atomic E-state index is -0.701. The summed E-state index contributed by atoms with van der Waals surface area (Å²) in [4.78, 5) is 0. The molecule has 1 aliphatic heterocycles. The first-order valence-electron chi connectivity index (χ1n) is 6.33. The summed E-state index contributed by atoms with van der Waals surface area (Å²) in [5.74, 6) is 0. The van der Waals surface area contributed by atoms with Gasteiger partial charge in [-0.2, -0.15) is 0 Å². The van der Waals surface area contributed by atoms with Crippen LogP contribution in [0.5, 0.6) is 0 Å². The summed E-state index contributed by atoms with van der Waals surface area (Å²) in [6, 6.07) is 2.11. The van der Waals surface area contributed by atoms with Crippen LogP contribution in [0.2, 0.25) is 0 Å². The van der Waals surface area contributed by atoms with Crippen molar-refractivity contribution < 1.29 is 9.84 Å². The fourth-order valence-corrected chi connectivity index (χ4v) is 2.22. The van der Waals surface area contributed by atoms with E-state index in [9.17, 15) is 5.11 Å². The average Bonchev–Trinajstić information content (AvgIpc) is 2.88. The highest BCUT2D eigenvalue weighted by Crippen LogP contribution is 2.24. The second-order valence-corrected chi connectivity index (χ2v) is 4.82. The molecule has 0 spiro atoms. The molecule has 17 heavy (non-hydrogen) atoms. The topological polar surface area (TPSA) is 46.4 Å². The Bertz CT molecular complexity index is 364. The zero-order chi connectivity index (χ0) is 12.3. The molecular formula is C13H22N2O2. The highest BCUT2D eigenvalue weighted by molar-refractivity contribution is 5.10. The molecule has 2 heterocycles. The highest BCUT2D eigenvalue weighted by Gasteiger charge is 2.38. The second-order valence-electron chi connectivity index (χ2n) is 4.82. The number of hydrogen-bond acceptors (Lipinski definition) is 3. The molecule has 0 bridgehead atoms. The van der Waals surface area contributed by atoms with Crippen molar-refractivity contribution in [2.24, 2.45) is 0 Å². The van der Waals surface area contributed by atoms with E-state index in [1.807, 2.05) is 6.92 Å². The molecule has 1 aliphatic rings. The summed E-state index contributed by atoms with van der Waals surface area (Å²) in [5.41, 5.74) is 0.551. The van der Waals surface area contributed by atoms with Gasteiger partial charge in [0, 0.05) is 45.1 Å². The molecule has 2 unspecified atom stereocenters. The lowest BCUT2D eigenvalue weighted by molar-refractivity contribution is -0.0262. The van der Waals surface area contributed by atoms with Crippen LogP contribution in [0, 0.1) is 0 Å². The van der Waals surface area contributed by atoms with Crippen LogP contribution in [0.25, 0.3) is 0 Å². The van der Waals surface area contributed by atoms with Crippen LogP contribution in [0.1, 0.15) is 25.8 Å². The molecule has 0 saturated carbocycles. The Morgan fingerprint density at radius 1 is 1.65 bits per heavy atom. The Balaban J connectivity index is 1.79. The Morgan fingerprint density at radius 3 is 3.06 bits per heavy atom. The quantitative estimate of drug-likeness (QED) is 0.808. The molecule has 4 nitrogen and oxygen atoms in total. The monoisotopic (exact) mass is 238 g/mol. The lowest BCUT2D eigenvalue weighted by Crippen LogP contribution is -2.45. The average molecular weight is 238 g/mol. The van der Waals surface area contributed by atoms with Crippen molar-refractivity contribution in [2.75, 3.05) is 13.2 Å². The Hall–Kier alpha value is -0.840. The predicted octanol–water partition coefficient (Wildman–Crippen LogP) is 1.14. The standard InChI is InChI=1S/C13H22N2O2/c1-3-15-6-4-12(9-15)8-14-10-13(16)5-7-17-11(13)2/h4,6,9,11,14,16H,3,5,7-8,10H2,1-2H3. The molecule has 0 aliphatic carbocycles. The molecule has 2 rings (SSSR count). The van der Waals surface area contributed by atoms with Gasteiger partial charge in [0.05, 0.1) is 6.10 Å². The minimum Gasteiger partial charge on any atom is -0.386 e.